The molecule has 1 unspecified atom stereocenters. The summed E-state index contributed by atoms with van der Waals surface area (Å²) < 4.78 is 20.8. The van der Waals surface area contributed by atoms with Crippen LogP contribution in [0, 0.1) is 5.82 Å². The van der Waals surface area contributed by atoms with Gasteiger partial charge in [-0.25, -0.2) is 4.39 Å². The molecule has 2 aromatic heterocycles. The number of pyridine rings is 1. The highest BCUT2D eigenvalue weighted by Gasteiger charge is 2.21. The summed E-state index contributed by atoms with van der Waals surface area (Å²) in [5.74, 6) is -1.28. The number of ether oxygens (including phenoxy) is 1. The Morgan fingerprint density at radius 1 is 1.27 bits per heavy atom. The topological polar surface area (TPSA) is 112 Å². The molecule has 2 heterocycles. The highest BCUT2D eigenvalue weighted by molar-refractivity contribution is 6.36. The number of halogens is 3. The van der Waals surface area contributed by atoms with Crippen LogP contribution in [0.2, 0.25) is 10.0 Å². The molecule has 30 heavy (non-hydrogen) atoms. The molecule has 3 N–H and O–H groups in total. The molecule has 11 heteroatoms. The van der Waals surface area contributed by atoms with E-state index in [0.717, 1.165) is 6.07 Å². The molecular weight excluding hydrogens is 436 g/mol. The second-order valence-electron chi connectivity index (χ2n) is 6.32. The lowest BCUT2D eigenvalue weighted by atomic mass is 10.1. The van der Waals surface area contributed by atoms with Crippen molar-refractivity contribution >= 4 is 40.6 Å². The van der Waals surface area contributed by atoms with Gasteiger partial charge in [-0.3, -0.25) is 9.59 Å². The maximum absolute atomic E-state index is 13.8. The number of carbonyl (C=O) groups is 1. The molecule has 1 atom stereocenters. The van der Waals surface area contributed by atoms with Crippen LogP contribution in [-0.4, -0.2) is 20.7 Å². The van der Waals surface area contributed by atoms with E-state index in [1.807, 2.05) is 0 Å². The van der Waals surface area contributed by atoms with Gasteiger partial charge in [-0.2, -0.15) is 0 Å². The van der Waals surface area contributed by atoms with Gasteiger partial charge in [0.15, 0.2) is 17.3 Å². The third-order valence-electron chi connectivity index (χ3n) is 4.15. The number of amides is 1. The van der Waals surface area contributed by atoms with Crippen molar-refractivity contribution in [3.05, 3.63) is 74.0 Å². The van der Waals surface area contributed by atoms with Crippen molar-refractivity contribution in [1.29, 1.82) is 0 Å². The fourth-order valence-corrected chi connectivity index (χ4v) is 3.30. The minimum atomic E-state index is -0.799. The van der Waals surface area contributed by atoms with E-state index < -0.39 is 17.8 Å². The fraction of sp³-hybridized carbons (Fsp3) is 0.158. The molecule has 0 saturated carbocycles. The molecule has 1 amide bonds. The fourth-order valence-electron chi connectivity index (χ4n) is 2.62. The zero-order valence-corrected chi connectivity index (χ0v) is 17.3. The van der Waals surface area contributed by atoms with Crippen LogP contribution in [0.25, 0.3) is 0 Å². The van der Waals surface area contributed by atoms with Crippen LogP contribution in [0.15, 0.2) is 41.3 Å². The van der Waals surface area contributed by atoms with Gasteiger partial charge in [-0.15, -0.1) is 10.2 Å². The van der Waals surface area contributed by atoms with Crippen molar-refractivity contribution in [2.75, 3.05) is 11.1 Å². The zero-order chi connectivity index (χ0) is 22.0. The van der Waals surface area contributed by atoms with Crippen molar-refractivity contribution in [3.8, 4) is 5.75 Å². The maximum Gasteiger partial charge on any atom is 0.276 e. The molecule has 0 aliphatic rings. The number of benzene rings is 1. The Balaban J connectivity index is 1.84. The molecule has 8 nitrogen and oxygen atoms in total. The van der Waals surface area contributed by atoms with Crippen LogP contribution in [0.3, 0.4) is 0 Å². The van der Waals surface area contributed by atoms with E-state index in [1.54, 1.807) is 14.0 Å². The van der Waals surface area contributed by atoms with Gasteiger partial charge < -0.3 is 20.4 Å². The lowest BCUT2D eigenvalue weighted by Crippen LogP contribution is -2.19. The van der Waals surface area contributed by atoms with Crippen LogP contribution in [0.5, 0.6) is 5.75 Å². The third kappa shape index (κ3) is 4.52. The Morgan fingerprint density at radius 3 is 2.70 bits per heavy atom. The van der Waals surface area contributed by atoms with E-state index in [0.29, 0.717) is 5.69 Å². The van der Waals surface area contributed by atoms with Crippen LogP contribution in [0.4, 0.5) is 15.9 Å². The predicted octanol–water partition coefficient (Wildman–Crippen LogP) is 3.60. The lowest BCUT2D eigenvalue weighted by molar-refractivity contribution is 0.102. The number of anilines is 2. The summed E-state index contributed by atoms with van der Waals surface area (Å²) in [6.07, 6.45) is 0.657. The van der Waals surface area contributed by atoms with Gasteiger partial charge in [0.05, 0.1) is 10.7 Å². The quantitative estimate of drug-likeness (QED) is 0.573. The van der Waals surface area contributed by atoms with E-state index in [1.165, 1.54) is 35.0 Å². The summed E-state index contributed by atoms with van der Waals surface area (Å²) in [5.41, 5.74) is 6.11. The predicted molar refractivity (Wildman–Crippen MR) is 112 cm³/mol. The molecule has 0 aliphatic heterocycles. The normalized spacial score (nSPS) is 11.8. The van der Waals surface area contributed by atoms with Gasteiger partial charge in [-0.1, -0.05) is 23.2 Å². The van der Waals surface area contributed by atoms with Gasteiger partial charge in [0.2, 0.25) is 5.56 Å². The second-order valence-corrected chi connectivity index (χ2v) is 7.10. The first kappa shape index (κ1) is 21.5. The highest BCUT2D eigenvalue weighted by atomic mass is 35.5. The number of nitrogens with two attached hydrogens (primary N) is 1. The van der Waals surface area contributed by atoms with Crippen LogP contribution in [-0.2, 0) is 7.05 Å². The van der Waals surface area contributed by atoms with E-state index >= 15 is 0 Å². The van der Waals surface area contributed by atoms with Crippen LogP contribution >= 0.6 is 23.2 Å². The lowest BCUT2D eigenvalue weighted by Gasteiger charge is -2.19. The van der Waals surface area contributed by atoms with Gasteiger partial charge in [-0.05, 0) is 25.1 Å². The number of hydrogen-bond donors (Lipinski definition) is 2. The molecule has 0 saturated heterocycles. The van der Waals surface area contributed by atoms with E-state index in [9.17, 15) is 14.0 Å². The number of nitrogens with zero attached hydrogens (tertiary/aromatic N) is 3. The first-order valence-electron chi connectivity index (χ1n) is 8.58. The summed E-state index contributed by atoms with van der Waals surface area (Å²) in [6.45, 7) is 1.59. The molecule has 156 valence electrons. The molecule has 0 radical (unpaired) electrons. The van der Waals surface area contributed by atoms with Gasteiger partial charge in [0.1, 0.15) is 11.9 Å². The molecule has 0 aliphatic carbocycles. The number of aromatic nitrogens is 3. The molecule has 0 bridgehead atoms. The Morgan fingerprint density at radius 2 is 2.00 bits per heavy atom. The van der Waals surface area contributed by atoms with Gasteiger partial charge >= 0.3 is 0 Å². The number of aryl methyl sites for hydroxylation is 1. The first-order valence-corrected chi connectivity index (χ1v) is 9.34. The summed E-state index contributed by atoms with van der Waals surface area (Å²) >= 11 is 12.1. The van der Waals surface area contributed by atoms with E-state index in [-0.39, 0.29) is 38.4 Å². The molecule has 3 rings (SSSR count). The van der Waals surface area contributed by atoms with Crippen molar-refractivity contribution in [2.24, 2.45) is 7.05 Å². The van der Waals surface area contributed by atoms with Crippen molar-refractivity contribution in [3.63, 3.8) is 0 Å². The monoisotopic (exact) mass is 451 g/mol. The van der Waals surface area contributed by atoms with Crippen molar-refractivity contribution in [2.45, 2.75) is 13.0 Å². The number of nitrogens with one attached hydrogen (secondary N) is 1. The number of nitrogen functional groups attached to an aromatic ring is 1. The summed E-state index contributed by atoms with van der Waals surface area (Å²) in [4.78, 5) is 23.9. The summed E-state index contributed by atoms with van der Waals surface area (Å²) in [7, 11) is 1.55. The Bertz CT molecular complexity index is 1190. The molecule has 3 aromatic rings. The molecule has 1 aromatic carbocycles. The van der Waals surface area contributed by atoms with Crippen LogP contribution < -0.4 is 21.3 Å². The second kappa shape index (κ2) is 8.68. The molecule has 0 spiro atoms. The summed E-state index contributed by atoms with van der Waals surface area (Å²) in [6, 6.07) is 6.56. The summed E-state index contributed by atoms with van der Waals surface area (Å²) in [5, 5.41) is 10.1. The largest absolute Gasteiger partial charge is 0.482 e. The first-order chi connectivity index (χ1) is 14.2. The maximum atomic E-state index is 13.8. The minimum Gasteiger partial charge on any atom is -0.482 e. The standard InChI is InChI=1S/C19H16Cl2FN5O3/c1-9(16-11(20)4-5-12(22)17(16)21)30-14-7-13(25-26-18(14)23)19(29)24-10-3-6-15(28)27(2)8-10/h3-9H,1-2H3,(H2,23,26)(H,24,29). The zero-order valence-electron chi connectivity index (χ0n) is 15.8. The average molecular weight is 452 g/mol. The van der Waals surface area contributed by atoms with E-state index in [4.69, 9.17) is 33.7 Å². The van der Waals surface area contributed by atoms with E-state index in [2.05, 4.69) is 15.5 Å². The minimum absolute atomic E-state index is 0.0412. The number of carbonyl (C=O) groups excluding carboxylic acids is 1. The molecular formula is C19H16Cl2FN5O3. The average Bonchev–Trinajstić information content (AvgIpc) is 2.69. The smallest absolute Gasteiger partial charge is 0.276 e. The van der Waals surface area contributed by atoms with Crippen LogP contribution in [0.1, 0.15) is 29.1 Å². The highest BCUT2D eigenvalue weighted by Crippen LogP contribution is 2.35. The SMILES string of the molecule is CC(Oc1cc(C(=O)Nc2ccc(=O)n(C)c2)nnc1N)c1c(Cl)ccc(F)c1Cl. The molecule has 0 fully saturated rings. The Labute approximate surface area is 180 Å². The number of rotatable bonds is 5. The van der Waals surface area contributed by atoms with Gasteiger partial charge in [0.25, 0.3) is 5.91 Å². The Hall–Kier alpha value is -3.17. The van der Waals surface area contributed by atoms with Gasteiger partial charge in [0, 0.05) is 36.0 Å². The van der Waals surface area contributed by atoms with Crippen molar-refractivity contribution in [1.82, 2.24) is 14.8 Å². The van der Waals surface area contributed by atoms with Crippen molar-refractivity contribution < 1.29 is 13.9 Å². The number of hydrogen-bond acceptors (Lipinski definition) is 6. The third-order valence-corrected chi connectivity index (χ3v) is 4.87. The Kier molecular flexibility index (Phi) is 6.23.